The lowest BCUT2D eigenvalue weighted by atomic mass is 9.92. The summed E-state index contributed by atoms with van der Waals surface area (Å²) < 4.78 is 11.5. The van der Waals surface area contributed by atoms with Crippen LogP contribution in [0.15, 0.2) is 4.99 Å². The molecule has 4 rings (SSSR count). The van der Waals surface area contributed by atoms with Crippen LogP contribution in [0.1, 0.15) is 80.5 Å². The van der Waals surface area contributed by atoms with Crippen molar-refractivity contribution >= 4 is 28.9 Å². The first-order valence-corrected chi connectivity index (χ1v) is 13.1. The molecule has 4 fully saturated rings. The zero-order chi connectivity index (χ0) is 22.9. The number of nitrogens with zero attached hydrogens (tertiary/aromatic N) is 2. The number of thioether (sulfide) groups is 1. The van der Waals surface area contributed by atoms with E-state index in [-0.39, 0.29) is 13.4 Å². The summed E-state index contributed by atoms with van der Waals surface area (Å²) in [7, 11) is 0. The van der Waals surface area contributed by atoms with Crippen LogP contribution in [0.4, 0.5) is 4.79 Å². The van der Waals surface area contributed by atoms with Crippen molar-refractivity contribution in [3.8, 4) is 0 Å². The van der Waals surface area contributed by atoms with Crippen LogP contribution in [0.2, 0.25) is 0 Å². The molecule has 2 saturated heterocycles. The fourth-order valence-electron chi connectivity index (χ4n) is 5.51. The number of rotatable bonds is 6. The molecule has 0 aromatic rings. The lowest BCUT2D eigenvalue weighted by Crippen LogP contribution is -2.41. The molecule has 4 aliphatic rings. The maximum Gasteiger partial charge on any atom is 0.410 e. The Kier molecular flexibility index (Phi) is 7.11. The Balaban J connectivity index is 0.00000306. The van der Waals surface area contributed by atoms with Crippen LogP contribution < -0.4 is 5.32 Å². The molecular formula is C24H41N3O4S. The number of amidine groups is 1. The van der Waals surface area contributed by atoms with Gasteiger partial charge < -0.3 is 19.7 Å². The van der Waals surface area contributed by atoms with Crippen molar-refractivity contribution in [2.24, 2.45) is 22.7 Å². The van der Waals surface area contributed by atoms with Crippen LogP contribution in [0.25, 0.3) is 0 Å². The van der Waals surface area contributed by atoms with Gasteiger partial charge in [-0.2, -0.15) is 0 Å². The number of amides is 2. The minimum absolute atomic E-state index is 0. The van der Waals surface area contributed by atoms with E-state index in [0.717, 1.165) is 49.9 Å². The second kappa shape index (κ2) is 9.53. The molecule has 2 aliphatic heterocycles. The van der Waals surface area contributed by atoms with E-state index >= 15 is 0 Å². The van der Waals surface area contributed by atoms with Crippen LogP contribution in [-0.4, -0.2) is 58.3 Å². The summed E-state index contributed by atoms with van der Waals surface area (Å²) in [6, 6.07) is 0.380. The van der Waals surface area contributed by atoms with E-state index in [1.165, 1.54) is 37.4 Å². The van der Waals surface area contributed by atoms with Gasteiger partial charge in [-0.25, -0.2) is 4.79 Å². The van der Waals surface area contributed by atoms with Gasteiger partial charge in [0.1, 0.15) is 5.60 Å². The molecule has 2 saturated carbocycles. The van der Waals surface area contributed by atoms with E-state index in [1.54, 1.807) is 0 Å². The van der Waals surface area contributed by atoms with Crippen LogP contribution in [0.5, 0.6) is 0 Å². The molecule has 4 unspecified atom stereocenters. The largest absolute Gasteiger partial charge is 0.444 e. The number of piperidine rings is 1. The van der Waals surface area contributed by atoms with Crippen molar-refractivity contribution in [1.29, 1.82) is 0 Å². The topological polar surface area (TPSA) is 80.2 Å². The molecule has 1 N–H and O–H groups in total. The molecule has 182 valence electrons. The van der Waals surface area contributed by atoms with Gasteiger partial charge in [-0.05, 0) is 102 Å². The molecule has 2 heterocycles. The average Bonchev–Trinajstić information content (AvgIpc) is 3.40. The SMILES string of the molecule is CC(C)(C)OC(=O)N1CCC(CCCOC2(C)SC(=NC3CC4CCC3C4)NC2=O)CC1.[HH]. The molecule has 4 atom stereocenters. The van der Waals surface area contributed by atoms with Crippen molar-refractivity contribution in [3.63, 3.8) is 0 Å². The highest BCUT2D eigenvalue weighted by atomic mass is 32.2. The number of carbonyl (C=O) groups is 2. The van der Waals surface area contributed by atoms with Gasteiger partial charge in [0.15, 0.2) is 10.1 Å². The zero-order valence-corrected chi connectivity index (χ0v) is 20.8. The molecule has 8 heteroatoms. The van der Waals surface area contributed by atoms with Crippen LogP contribution >= 0.6 is 11.8 Å². The third-order valence-corrected chi connectivity index (χ3v) is 8.40. The van der Waals surface area contributed by atoms with E-state index in [9.17, 15) is 9.59 Å². The second-order valence-corrected chi connectivity index (χ2v) is 12.4. The smallest absolute Gasteiger partial charge is 0.410 e. The van der Waals surface area contributed by atoms with Gasteiger partial charge in [-0.3, -0.25) is 9.79 Å². The number of hydrogen-bond acceptors (Lipinski definition) is 6. The maximum atomic E-state index is 12.5. The monoisotopic (exact) mass is 467 g/mol. The molecule has 32 heavy (non-hydrogen) atoms. The first-order valence-electron chi connectivity index (χ1n) is 12.3. The maximum absolute atomic E-state index is 12.5. The van der Waals surface area contributed by atoms with Crippen LogP contribution in [0, 0.1) is 17.8 Å². The summed E-state index contributed by atoms with van der Waals surface area (Å²) in [6.07, 6.45) is 8.87. The van der Waals surface area contributed by atoms with E-state index < -0.39 is 10.5 Å². The Morgan fingerprint density at radius 1 is 1.25 bits per heavy atom. The molecule has 0 aromatic carbocycles. The Morgan fingerprint density at radius 2 is 2.00 bits per heavy atom. The minimum Gasteiger partial charge on any atom is -0.444 e. The molecule has 2 amide bonds. The number of likely N-dealkylation sites (tertiary alicyclic amines) is 1. The number of carbonyl (C=O) groups excluding carboxylic acids is 2. The van der Waals surface area contributed by atoms with Crippen molar-refractivity contribution in [3.05, 3.63) is 0 Å². The van der Waals surface area contributed by atoms with E-state index in [1.807, 2.05) is 32.6 Å². The normalized spacial score (nSPS) is 34.4. The number of ether oxygens (including phenoxy) is 2. The number of nitrogens with one attached hydrogen (secondary N) is 1. The number of hydrogen-bond donors (Lipinski definition) is 1. The lowest BCUT2D eigenvalue weighted by molar-refractivity contribution is -0.132. The quantitative estimate of drug-likeness (QED) is 0.568. The van der Waals surface area contributed by atoms with E-state index in [4.69, 9.17) is 14.5 Å². The third-order valence-electron chi connectivity index (χ3n) is 7.31. The van der Waals surface area contributed by atoms with Gasteiger partial charge >= 0.3 is 6.09 Å². The molecule has 0 spiro atoms. The molecule has 2 aliphatic carbocycles. The highest BCUT2D eigenvalue weighted by molar-refractivity contribution is 8.16. The van der Waals surface area contributed by atoms with Gasteiger partial charge in [0.25, 0.3) is 5.91 Å². The van der Waals surface area contributed by atoms with Gasteiger partial charge in [0.05, 0.1) is 6.04 Å². The fourth-order valence-corrected chi connectivity index (χ4v) is 6.50. The first-order chi connectivity index (χ1) is 15.1. The summed E-state index contributed by atoms with van der Waals surface area (Å²) in [5.41, 5.74) is -0.451. The summed E-state index contributed by atoms with van der Waals surface area (Å²) in [6.45, 7) is 9.61. The Morgan fingerprint density at radius 3 is 2.62 bits per heavy atom. The van der Waals surface area contributed by atoms with Crippen molar-refractivity contribution < 1.29 is 20.5 Å². The summed E-state index contributed by atoms with van der Waals surface area (Å²) >= 11 is 1.44. The first kappa shape index (κ1) is 23.9. The van der Waals surface area contributed by atoms with E-state index in [2.05, 4.69) is 5.32 Å². The Labute approximate surface area is 197 Å². The summed E-state index contributed by atoms with van der Waals surface area (Å²) in [5, 5.41) is 3.69. The predicted molar refractivity (Wildman–Crippen MR) is 129 cm³/mol. The Bertz CT molecular complexity index is 750. The standard InChI is InChI=1S/C24H39N3O4S.H2/c1-23(2,3)31-22(29)27-11-9-16(10-12-27)6-5-13-30-24(4)20(28)26-21(32-24)25-19-15-17-7-8-18(19)14-17;/h16-19H,5-15H2,1-4H3,(H,25,26,28);1H. The number of fused-ring (bicyclic) bond motifs is 2. The summed E-state index contributed by atoms with van der Waals surface area (Å²) in [5.74, 6) is 2.05. The molecule has 7 nitrogen and oxygen atoms in total. The highest BCUT2D eigenvalue weighted by Gasteiger charge is 2.45. The van der Waals surface area contributed by atoms with E-state index in [0.29, 0.717) is 24.5 Å². The van der Waals surface area contributed by atoms with Crippen molar-refractivity contribution in [2.75, 3.05) is 19.7 Å². The average molecular weight is 468 g/mol. The van der Waals surface area contributed by atoms with Gasteiger partial charge in [-0.15, -0.1) is 0 Å². The molecule has 0 aromatic heterocycles. The highest BCUT2D eigenvalue weighted by Crippen LogP contribution is 2.46. The fraction of sp³-hybridized carbons (Fsp3) is 0.875. The van der Waals surface area contributed by atoms with Crippen LogP contribution in [-0.2, 0) is 14.3 Å². The zero-order valence-electron chi connectivity index (χ0n) is 20.0. The molecule has 0 radical (unpaired) electrons. The van der Waals surface area contributed by atoms with Crippen molar-refractivity contribution in [2.45, 2.75) is 95.6 Å². The van der Waals surface area contributed by atoms with Gasteiger partial charge in [-0.1, -0.05) is 6.42 Å². The minimum atomic E-state index is -0.878. The number of aliphatic imine (C=N–C) groups is 1. The Hall–Kier alpha value is -1.28. The predicted octanol–water partition coefficient (Wildman–Crippen LogP) is 4.80. The lowest BCUT2D eigenvalue weighted by Gasteiger charge is -2.33. The second-order valence-electron chi connectivity index (χ2n) is 11.1. The van der Waals surface area contributed by atoms with Gasteiger partial charge in [0.2, 0.25) is 0 Å². The van der Waals surface area contributed by atoms with Crippen molar-refractivity contribution in [1.82, 2.24) is 10.2 Å². The molecule has 2 bridgehead atoms. The van der Waals surface area contributed by atoms with Crippen LogP contribution in [0.3, 0.4) is 0 Å². The third kappa shape index (κ3) is 5.79. The molecular weight excluding hydrogens is 426 g/mol. The van der Waals surface area contributed by atoms with Gasteiger partial charge in [0, 0.05) is 21.1 Å². The summed E-state index contributed by atoms with van der Waals surface area (Å²) in [4.78, 5) is 30.6.